The van der Waals surface area contributed by atoms with E-state index in [9.17, 15) is 24.5 Å². The van der Waals surface area contributed by atoms with Gasteiger partial charge in [-0.15, -0.1) is 0 Å². The number of nitrogens with one attached hydrogen (secondary N) is 2. The van der Waals surface area contributed by atoms with Crippen molar-refractivity contribution in [3.63, 3.8) is 0 Å². The molecular formula is C17H23N3O6. The van der Waals surface area contributed by atoms with Crippen LogP contribution in [0, 0.1) is 16.0 Å². The van der Waals surface area contributed by atoms with E-state index in [0.29, 0.717) is 6.42 Å². The van der Waals surface area contributed by atoms with Gasteiger partial charge in [0.15, 0.2) is 0 Å². The van der Waals surface area contributed by atoms with Crippen molar-refractivity contribution in [3.8, 4) is 0 Å². The number of nitro benzene ring substituents is 1. The average Bonchev–Trinajstić information content (AvgIpc) is 2.60. The van der Waals surface area contributed by atoms with Crippen molar-refractivity contribution in [1.29, 1.82) is 0 Å². The highest BCUT2D eigenvalue weighted by Gasteiger charge is 2.22. The van der Waals surface area contributed by atoms with Crippen LogP contribution in [0.3, 0.4) is 0 Å². The summed E-state index contributed by atoms with van der Waals surface area (Å²) in [5.41, 5.74) is 0.0903. The van der Waals surface area contributed by atoms with Gasteiger partial charge in [0.05, 0.1) is 18.5 Å². The van der Waals surface area contributed by atoms with E-state index in [-0.39, 0.29) is 30.1 Å². The number of nitrogens with zero attached hydrogens (tertiary/aromatic N) is 1. The Bertz CT molecular complexity index is 657. The van der Waals surface area contributed by atoms with Gasteiger partial charge >= 0.3 is 5.97 Å². The number of non-ortho nitro benzene ring substituents is 1. The van der Waals surface area contributed by atoms with E-state index in [1.54, 1.807) is 0 Å². The summed E-state index contributed by atoms with van der Waals surface area (Å²) < 4.78 is 4.50. The molecule has 0 spiro atoms. The van der Waals surface area contributed by atoms with Gasteiger partial charge in [-0.3, -0.25) is 24.5 Å². The number of benzene rings is 1. The molecule has 9 nitrogen and oxygen atoms in total. The molecule has 0 fully saturated rings. The summed E-state index contributed by atoms with van der Waals surface area (Å²) in [7, 11) is 1.26. The molecule has 26 heavy (non-hydrogen) atoms. The number of carbonyl (C=O) groups is 3. The Balaban J connectivity index is 2.73. The highest BCUT2D eigenvalue weighted by molar-refractivity contribution is 5.97. The van der Waals surface area contributed by atoms with E-state index in [1.807, 2.05) is 13.8 Å². The molecule has 0 aliphatic heterocycles. The number of esters is 1. The third-order valence-corrected chi connectivity index (χ3v) is 3.53. The quantitative estimate of drug-likeness (QED) is 0.387. The number of carbonyl (C=O) groups excluding carboxylic acids is 3. The molecule has 1 unspecified atom stereocenters. The standard InChI is InChI=1S/C17H23N3O6/c1-11(2)10-14(17(23)18-9-8-15(21)26-3)19-16(22)12-4-6-13(7-5-12)20(24)25/h4-7,11,14H,8-10H2,1-3H3,(H,18,23)(H,19,22). The molecular weight excluding hydrogens is 342 g/mol. The molecule has 0 aliphatic carbocycles. The second-order valence-corrected chi connectivity index (χ2v) is 6.08. The SMILES string of the molecule is COC(=O)CCNC(=O)C(CC(C)C)NC(=O)c1ccc([N+](=O)[O-])cc1. The zero-order valence-electron chi connectivity index (χ0n) is 15.0. The van der Waals surface area contributed by atoms with Crippen LogP contribution in [0.2, 0.25) is 0 Å². The first-order valence-electron chi connectivity index (χ1n) is 8.14. The number of hydrogen-bond acceptors (Lipinski definition) is 6. The monoisotopic (exact) mass is 365 g/mol. The second kappa shape index (κ2) is 10.1. The molecule has 0 saturated heterocycles. The van der Waals surface area contributed by atoms with Crippen molar-refractivity contribution in [2.24, 2.45) is 5.92 Å². The highest BCUT2D eigenvalue weighted by atomic mass is 16.6. The number of amides is 2. The van der Waals surface area contributed by atoms with E-state index >= 15 is 0 Å². The van der Waals surface area contributed by atoms with Crippen LogP contribution in [0.1, 0.15) is 37.0 Å². The molecule has 1 aromatic rings. The summed E-state index contributed by atoms with van der Waals surface area (Å²) in [5.74, 6) is -1.21. The Morgan fingerprint density at radius 3 is 2.31 bits per heavy atom. The first-order valence-corrected chi connectivity index (χ1v) is 8.14. The van der Waals surface area contributed by atoms with Crippen LogP contribution in [0.4, 0.5) is 5.69 Å². The third kappa shape index (κ3) is 6.88. The van der Waals surface area contributed by atoms with Gasteiger partial charge in [0, 0.05) is 24.2 Å². The molecule has 0 saturated carbocycles. The van der Waals surface area contributed by atoms with Crippen molar-refractivity contribution >= 4 is 23.5 Å². The van der Waals surface area contributed by atoms with E-state index in [1.165, 1.54) is 31.4 Å². The molecule has 0 radical (unpaired) electrons. The minimum absolute atomic E-state index is 0.0347. The molecule has 1 rings (SSSR count). The normalized spacial score (nSPS) is 11.5. The lowest BCUT2D eigenvalue weighted by molar-refractivity contribution is -0.384. The van der Waals surface area contributed by atoms with E-state index in [2.05, 4.69) is 15.4 Å². The summed E-state index contributed by atoms with van der Waals surface area (Å²) in [5, 5.41) is 15.9. The molecule has 142 valence electrons. The zero-order valence-corrected chi connectivity index (χ0v) is 15.0. The first-order chi connectivity index (χ1) is 12.2. The van der Waals surface area contributed by atoms with Crippen LogP contribution < -0.4 is 10.6 Å². The maximum Gasteiger partial charge on any atom is 0.307 e. The molecule has 0 bridgehead atoms. The Morgan fingerprint density at radius 1 is 1.19 bits per heavy atom. The van der Waals surface area contributed by atoms with E-state index in [0.717, 1.165) is 0 Å². The number of nitro groups is 1. The van der Waals surface area contributed by atoms with Gasteiger partial charge < -0.3 is 15.4 Å². The van der Waals surface area contributed by atoms with Crippen LogP contribution in [-0.2, 0) is 14.3 Å². The molecule has 0 aromatic heterocycles. The first kappa shape index (κ1) is 21.1. The van der Waals surface area contributed by atoms with Crippen molar-refractivity contribution in [2.45, 2.75) is 32.7 Å². The maximum atomic E-state index is 12.3. The topological polar surface area (TPSA) is 128 Å². The van der Waals surface area contributed by atoms with Gasteiger partial charge in [-0.1, -0.05) is 13.8 Å². The summed E-state index contributed by atoms with van der Waals surface area (Å²) >= 11 is 0. The fourth-order valence-corrected chi connectivity index (χ4v) is 2.19. The van der Waals surface area contributed by atoms with Crippen LogP contribution >= 0.6 is 0 Å². The lowest BCUT2D eigenvalue weighted by atomic mass is 10.0. The molecule has 1 atom stereocenters. The predicted molar refractivity (Wildman–Crippen MR) is 93.4 cm³/mol. The van der Waals surface area contributed by atoms with E-state index < -0.39 is 28.7 Å². The Kier molecular flexibility index (Phi) is 8.20. The highest BCUT2D eigenvalue weighted by Crippen LogP contribution is 2.13. The molecule has 2 N–H and O–H groups in total. The average molecular weight is 365 g/mol. The van der Waals surface area contributed by atoms with Gasteiger partial charge in [-0.05, 0) is 24.5 Å². The van der Waals surface area contributed by atoms with Gasteiger partial charge in [0.2, 0.25) is 5.91 Å². The Morgan fingerprint density at radius 2 is 1.81 bits per heavy atom. The molecule has 1 aromatic carbocycles. The molecule has 9 heteroatoms. The Labute approximate surface area is 151 Å². The van der Waals surface area contributed by atoms with Gasteiger partial charge in [0.1, 0.15) is 6.04 Å². The minimum Gasteiger partial charge on any atom is -0.469 e. The summed E-state index contributed by atoms with van der Waals surface area (Å²) in [6.07, 6.45) is 0.440. The van der Waals surface area contributed by atoms with Crippen molar-refractivity contribution in [2.75, 3.05) is 13.7 Å². The van der Waals surface area contributed by atoms with Crippen LogP contribution in [-0.4, -0.2) is 42.4 Å². The lowest BCUT2D eigenvalue weighted by Crippen LogP contribution is -2.47. The van der Waals surface area contributed by atoms with Crippen molar-refractivity contribution in [3.05, 3.63) is 39.9 Å². The number of hydrogen-bond donors (Lipinski definition) is 2. The van der Waals surface area contributed by atoms with Crippen LogP contribution in [0.15, 0.2) is 24.3 Å². The van der Waals surface area contributed by atoms with E-state index in [4.69, 9.17) is 0 Å². The summed E-state index contributed by atoms with van der Waals surface area (Å²) in [6.45, 7) is 3.92. The summed E-state index contributed by atoms with van der Waals surface area (Å²) in [6, 6.07) is 4.32. The smallest absolute Gasteiger partial charge is 0.307 e. The van der Waals surface area contributed by atoms with Crippen molar-refractivity contribution < 1.29 is 24.0 Å². The van der Waals surface area contributed by atoms with Gasteiger partial charge in [-0.25, -0.2) is 0 Å². The fraction of sp³-hybridized carbons (Fsp3) is 0.471. The van der Waals surface area contributed by atoms with Crippen LogP contribution in [0.5, 0.6) is 0 Å². The van der Waals surface area contributed by atoms with Gasteiger partial charge in [0.25, 0.3) is 11.6 Å². The van der Waals surface area contributed by atoms with Crippen LogP contribution in [0.25, 0.3) is 0 Å². The lowest BCUT2D eigenvalue weighted by Gasteiger charge is -2.20. The zero-order chi connectivity index (χ0) is 19.7. The van der Waals surface area contributed by atoms with Crippen molar-refractivity contribution in [1.82, 2.24) is 10.6 Å². The Hall–Kier alpha value is -2.97. The third-order valence-electron chi connectivity index (χ3n) is 3.53. The summed E-state index contributed by atoms with van der Waals surface area (Å²) in [4.78, 5) is 45.8. The minimum atomic E-state index is -0.782. The maximum absolute atomic E-state index is 12.3. The molecule has 2 amide bonds. The molecule has 0 heterocycles. The second-order valence-electron chi connectivity index (χ2n) is 6.08. The number of rotatable bonds is 9. The fourth-order valence-electron chi connectivity index (χ4n) is 2.19. The van der Waals surface area contributed by atoms with Gasteiger partial charge in [-0.2, -0.15) is 0 Å². The predicted octanol–water partition coefficient (Wildman–Crippen LogP) is 1.42. The number of ether oxygens (including phenoxy) is 1. The number of methoxy groups -OCH3 is 1. The molecule has 0 aliphatic rings. The largest absolute Gasteiger partial charge is 0.469 e.